The number of hydrogen-bond acceptors (Lipinski definition) is 5. The second-order valence-electron chi connectivity index (χ2n) is 5.79. The number of rotatable bonds is 6. The lowest BCUT2D eigenvalue weighted by Gasteiger charge is -2.20. The van der Waals surface area contributed by atoms with Gasteiger partial charge < -0.3 is 4.18 Å². The summed E-state index contributed by atoms with van der Waals surface area (Å²) in [6.07, 6.45) is 5.68. The minimum Gasteiger partial charge on any atom is -0.378 e. The molecule has 0 aromatic rings. The zero-order valence-corrected chi connectivity index (χ0v) is 14.4. The van der Waals surface area contributed by atoms with E-state index in [2.05, 4.69) is 6.08 Å². The lowest BCUT2D eigenvalue weighted by molar-refractivity contribution is -0.117. The number of hydrogen-bond donors (Lipinski definition) is 0. The monoisotopic (exact) mass is 326 g/mol. The quantitative estimate of drug-likeness (QED) is 0.426. The van der Waals surface area contributed by atoms with E-state index in [1.165, 1.54) is 18.6 Å². The van der Waals surface area contributed by atoms with Crippen LogP contribution < -0.4 is 0 Å². The van der Waals surface area contributed by atoms with Gasteiger partial charge in [0.1, 0.15) is 0 Å². The summed E-state index contributed by atoms with van der Waals surface area (Å²) < 4.78 is 27.3. The van der Waals surface area contributed by atoms with Crippen LogP contribution in [-0.4, -0.2) is 26.2 Å². The van der Waals surface area contributed by atoms with E-state index in [0.717, 1.165) is 12.7 Å². The first kappa shape index (κ1) is 18.4. The third kappa shape index (κ3) is 4.94. The van der Waals surface area contributed by atoms with Crippen LogP contribution in [0.25, 0.3) is 0 Å². The highest BCUT2D eigenvalue weighted by Crippen LogP contribution is 2.28. The Hall–Kier alpha value is -1.69. The van der Waals surface area contributed by atoms with E-state index in [9.17, 15) is 18.0 Å². The van der Waals surface area contributed by atoms with Gasteiger partial charge in [-0.05, 0) is 45.6 Å². The van der Waals surface area contributed by atoms with Gasteiger partial charge in [-0.1, -0.05) is 18.6 Å². The van der Waals surface area contributed by atoms with Gasteiger partial charge in [-0.2, -0.15) is 8.42 Å². The lowest BCUT2D eigenvalue weighted by Crippen LogP contribution is -2.25. The Labute approximate surface area is 131 Å². The Kier molecular flexibility index (Phi) is 5.88. The maximum absolute atomic E-state index is 12.4. The summed E-state index contributed by atoms with van der Waals surface area (Å²) in [7, 11) is -3.86. The summed E-state index contributed by atoms with van der Waals surface area (Å²) in [6.45, 7) is 7.21. The van der Waals surface area contributed by atoms with E-state index in [1.807, 2.05) is 20.8 Å². The van der Waals surface area contributed by atoms with Gasteiger partial charge in [0.05, 0.1) is 6.26 Å². The minimum atomic E-state index is -3.86. The van der Waals surface area contributed by atoms with Gasteiger partial charge in [0.25, 0.3) is 0 Å². The molecule has 0 radical (unpaired) electrons. The fourth-order valence-electron chi connectivity index (χ4n) is 2.12. The third-order valence-electron chi connectivity index (χ3n) is 3.38. The third-order valence-corrected chi connectivity index (χ3v) is 3.85. The van der Waals surface area contributed by atoms with Crippen LogP contribution in [0.2, 0.25) is 0 Å². The molecule has 0 unspecified atom stereocenters. The molecule has 0 saturated heterocycles. The SMILES string of the molecule is CC(C)=CCC[C@@H](C)C1=CC(=O)C(C)=C(OS(C)(=O)=O)C1=O. The van der Waals surface area contributed by atoms with Crippen LogP contribution in [-0.2, 0) is 23.9 Å². The second-order valence-corrected chi connectivity index (χ2v) is 7.37. The number of carbonyl (C=O) groups excluding carboxylic acids is 2. The molecule has 0 fully saturated rings. The van der Waals surface area contributed by atoms with Crippen LogP contribution in [0.3, 0.4) is 0 Å². The molecule has 1 atom stereocenters. The largest absolute Gasteiger partial charge is 0.378 e. The number of ketones is 2. The molecule has 1 aliphatic rings. The molecule has 6 heteroatoms. The highest BCUT2D eigenvalue weighted by atomic mass is 32.2. The maximum Gasteiger partial charge on any atom is 0.306 e. The van der Waals surface area contributed by atoms with Crippen molar-refractivity contribution >= 4 is 21.7 Å². The van der Waals surface area contributed by atoms with E-state index in [0.29, 0.717) is 12.0 Å². The van der Waals surface area contributed by atoms with Crippen molar-refractivity contribution < 1.29 is 22.2 Å². The van der Waals surface area contributed by atoms with Crippen LogP contribution in [0.4, 0.5) is 0 Å². The van der Waals surface area contributed by atoms with E-state index < -0.39 is 15.9 Å². The molecule has 122 valence electrons. The molecule has 0 aliphatic heterocycles. The van der Waals surface area contributed by atoms with Crippen LogP contribution in [0, 0.1) is 5.92 Å². The van der Waals surface area contributed by atoms with Gasteiger partial charge >= 0.3 is 10.1 Å². The molecular formula is C16H22O5S. The fraction of sp³-hybridized carbons (Fsp3) is 0.500. The summed E-state index contributed by atoms with van der Waals surface area (Å²) >= 11 is 0. The van der Waals surface area contributed by atoms with Crippen molar-refractivity contribution in [1.29, 1.82) is 0 Å². The van der Waals surface area contributed by atoms with Gasteiger partial charge in [-0.15, -0.1) is 0 Å². The van der Waals surface area contributed by atoms with Crippen molar-refractivity contribution in [2.75, 3.05) is 6.26 Å². The Bertz CT molecular complexity index is 673. The Morgan fingerprint density at radius 3 is 2.41 bits per heavy atom. The number of carbonyl (C=O) groups is 2. The lowest BCUT2D eigenvalue weighted by atomic mass is 9.86. The number of Topliss-reactive ketones (excluding diaryl/α,β-unsaturated/α-hetero) is 1. The summed E-state index contributed by atoms with van der Waals surface area (Å²) in [5.41, 5.74) is 1.51. The van der Waals surface area contributed by atoms with Crippen molar-refractivity contribution in [2.45, 2.75) is 40.5 Å². The Morgan fingerprint density at radius 1 is 1.32 bits per heavy atom. The van der Waals surface area contributed by atoms with Crippen molar-refractivity contribution in [2.24, 2.45) is 5.92 Å². The molecule has 0 aromatic heterocycles. The van der Waals surface area contributed by atoms with Gasteiger partial charge in [0.2, 0.25) is 5.78 Å². The molecule has 0 N–H and O–H groups in total. The average molecular weight is 326 g/mol. The molecule has 0 heterocycles. The first-order valence-corrected chi connectivity index (χ1v) is 8.89. The van der Waals surface area contributed by atoms with E-state index in [-0.39, 0.29) is 23.0 Å². The van der Waals surface area contributed by atoms with Crippen LogP contribution in [0.5, 0.6) is 0 Å². The molecule has 0 spiro atoms. The Balaban J connectivity index is 3.00. The molecule has 0 amide bonds. The van der Waals surface area contributed by atoms with Crippen molar-refractivity contribution in [3.8, 4) is 0 Å². The zero-order chi connectivity index (χ0) is 17.1. The van der Waals surface area contributed by atoms with E-state index >= 15 is 0 Å². The highest BCUT2D eigenvalue weighted by molar-refractivity contribution is 7.86. The Morgan fingerprint density at radius 2 is 1.91 bits per heavy atom. The summed E-state index contributed by atoms with van der Waals surface area (Å²) in [6, 6.07) is 0. The minimum absolute atomic E-state index is 0.0238. The second kappa shape index (κ2) is 7.05. The van der Waals surface area contributed by atoms with Crippen molar-refractivity contribution in [3.63, 3.8) is 0 Å². The fourth-order valence-corrected chi connectivity index (χ4v) is 2.63. The summed E-state index contributed by atoms with van der Waals surface area (Å²) in [4.78, 5) is 24.4. The first-order chi connectivity index (χ1) is 10.0. The molecular weight excluding hydrogens is 304 g/mol. The van der Waals surface area contributed by atoms with Gasteiger partial charge in [0, 0.05) is 11.1 Å². The standard InChI is InChI=1S/C16H22O5S/c1-10(2)7-6-8-11(3)13-9-14(17)12(4)16(15(13)18)21-22(5,19)20/h7,9,11H,6,8H2,1-5H3/t11-/m1/s1. The topological polar surface area (TPSA) is 77.5 Å². The highest BCUT2D eigenvalue weighted by Gasteiger charge is 2.32. The normalized spacial score (nSPS) is 17.2. The van der Waals surface area contributed by atoms with E-state index in [4.69, 9.17) is 4.18 Å². The van der Waals surface area contributed by atoms with Crippen LogP contribution in [0.15, 0.2) is 34.6 Å². The van der Waals surface area contributed by atoms with Crippen molar-refractivity contribution in [3.05, 3.63) is 34.6 Å². The van der Waals surface area contributed by atoms with Gasteiger partial charge in [-0.25, -0.2) is 0 Å². The number of allylic oxidation sites excluding steroid dienone is 5. The molecule has 5 nitrogen and oxygen atoms in total. The van der Waals surface area contributed by atoms with Gasteiger partial charge in [-0.3, -0.25) is 9.59 Å². The predicted octanol–water partition coefficient (Wildman–Crippen LogP) is 2.70. The molecule has 0 aromatic carbocycles. The van der Waals surface area contributed by atoms with E-state index in [1.54, 1.807) is 0 Å². The molecule has 0 bridgehead atoms. The van der Waals surface area contributed by atoms with Crippen LogP contribution >= 0.6 is 0 Å². The molecule has 22 heavy (non-hydrogen) atoms. The molecule has 1 aliphatic carbocycles. The van der Waals surface area contributed by atoms with Crippen LogP contribution in [0.1, 0.15) is 40.5 Å². The van der Waals surface area contributed by atoms with Gasteiger partial charge in [0.15, 0.2) is 11.5 Å². The summed E-state index contributed by atoms with van der Waals surface area (Å²) in [5, 5.41) is 0. The maximum atomic E-state index is 12.4. The predicted molar refractivity (Wildman–Crippen MR) is 84.6 cm³/mol. The smallest absolute Gasteiger partial charge is 0.306 e. The average Bonchev–Trinajstić information content (AvgIpc) is 2.37. The summed E-state index contributed by atoms with van der Waals surface area (Å²) in [5.74, 6) is -1.44. The van der Waals surface area contributed by atoms with Crippen molar-refractivity contribution in [1.82, 2.24) is 0 Å². The molecule has 1 rings (SSSR count). The first-order valence-electron chi connectivity index (χ1n) is 7.07. The molecule has 0 saturated carbocycles. The zero-order valence-electron chi connectivity index (χ0n) is 13.6.